The number of aromatic nitrogens is 2. The predicted molar refractivity (Wildman–Crippen MR) is 81.8 cm³/mol. The minimum Gasteiger partial charge on any atom is -0.344 e. The van der Waals surface area contributed by atoms with E-state index >= 15 is 0 Å². The van der Waals surface area contributed by atoms with Crippen LogP contribution in [-0.4, -0.2) is 9.97 Å². The molecule has 0 saturated carbocycles. The van der Waals surface area contributed by atoms with Crippen LogP contribution in [0.5, 0.6) is 0 Å². The van der Waals surface area contributed by atoms with Gasteiger partial charge in [-0.25, -0.2) is 4.98 Å². The van der Waals surface area contributed by atoms with Gasteiger partial charge in [0.05, 0.1) is 11.7 Å². The zero-order valence-electron chi connectivity index (χ0n) is 11.0. The highest BCUT2D eigenvalue weighted by atomic mass is 32.1. The third kappa shape index (κ3) is 1.80. The van der Waals surface area contributed by atoms with Gasteiger partial charge in [-0.05, 0) is 29.9 Å². The van der Waals surface area contributed by atoms with Crippen molar-refractivity contribution < 1.29 is 0 Å². The van der Waals surface area contributed by atoms with Gasteiger partial charge in [0, 0.05) is 16.1 Å². The molecule has 2 heterocycles. The number of H-pyrrole nitrogens is 1. The molecule has 20 heavy (non-hydrogen) atoms. The fraction of sp³-hybridized carbons (Fsp3) is 0.188. The van der Waals surface area contributed by atoms with Crippen molar-refractivity contribution in [3.63, 3.8) is 0 Å². The zero-order valence-corrected chi connectivity index (χ0v) is 11.8. The number of nitrogens with zero attached hydrogens (tertiary/aromatic N) is 1. The van der Waals surface area contributed by atoms with Crippen LogP contribution in [0.1, 0.15) is 28.0 Å². The van der Waals surface area contributed by atoms with E-state index < -0.39 is 0 Å². The van der Waals surface area contributed by atoms with E-state index in [9.17, 15) is 0 Å². The summed E-state index contributed by atoms with van der Waals surface area (Å²) in [6, 6.07) is 12.1. The van der Waals surface area contributed by atoms with E-state index in [0.29, 0.717) is 0 Å². The average molecular weight is 281 g/mol. The molecule has 2 aromatic heterocycles. The molecular formula is C16H15N3S. The summed E-state index contributed by atoms with van der Waals surface area (Å²) in [5, 5.41) is 2.14. The zero-order chi connectivity index (χ0) is 13.5. The molecule has 4 heteroatoms. The second kappa shape index (κ2) is 4.58. The molecule has 0 saturated heterocycles. The van der Waals surface area contributed by atoms with Crippen LogP contribution in [-0.2, 0) is 12.8 Å². The van der Waals surface area contributed by atoms with Gasteiger partial charge >= 0.3 is 0 Å². The van der Waals surface area contributed by atoms with Crippen molar-refractivity contribution in [2.24, 2.45) is 5.73 Å². The summed E-state index contributed by atoms with van der Waals surface area (Å²) in [5.41, 5.74) is 11.0. The van der Waals surface area contributed by atoms with Crippen molar-refractivity contribution in [2.75, 3.05) is 0 Å². The summed E-state index contributed by atoms with van der Waals surface area (Å²) in [6.07, 6.45) is 2.12. The number of nitrogens with two attached hydrogens (primary N) is 1. The van der Waals surface area contributed by atoms with E-state index in [4.69, 9.17) is 10.7 Å². The van der Waals surface area contributed by atoms with Crippen molar-refractivity contribution >= 4 is 11.3 Å². The van der Waals surface area contributed by atoms with Crippen molar-refractivity contribution in [3.8, 4) is 11.3 Å². The lowest BCUT2D eigenvalue weighted by atomic mass is 10.0. The summed E-state index contributed by atoms with van der Waals surface area (Å²) in [6.45, 7) is 0. The lowest BCUT2D eigenvalue weighted by Gasteiger charge is -2.09. The van der Waals surface area contributed by atoms with Crippen LogP contribution in [0.25, 0.3) is 11.3 Å². The lowest BCUT2D eigenvalue weighted by molar-refractivity contribution is 0.793. The number of rotatable bonds is 2. The first-order chi connectivity index (χ1) is 9.83. The minimum absolute atomic E-state index is 0.191. The molecule has 0 spiro atoms. The van der Waals surface area contributed by atoms with E-state index in [1.165, 1.54) is 16.1 Å². The number of imidazole rings is 1. The van der Waals surface area contributed by atoms with Crippen LogP contribution in [0.2, 0.25) is 0 Å². The molecule has 0 radical (unpaired) electrons. The number of aryl methyl sites for hydroxylation is 2. The maximum atomic E-state index is 6.33. The lowest BCUT2D eigenvalue weighted by Crippen LogP contribution is -2.13. The Labute approximate surface area is 121 Å². The van der Waals surface area contributed by atoms with Gasteiger partial charge < -0.3 is 10.7 Å². The Hall–Kier alpha value is -1.91. The Morgan fingerprint density at radius 2 is 2.00 bits per heavy atom. The molecule has 0 bridgehead atoms. The topological polar surface area (TPSA) is 54.7 Å². The summed E-state index contributed by atoms with van der Waals surface area (Å²) in [5.74, 6) is 0.861. The van der Waals surface area contributed by atoms with E-state index in [2.05, 4.69) is 16.4 Å². The average Bonchev–Trinajstić information content (AvgIpc) is 3.12. The summed E-state index contributed by atoms with van der Waals surface area (Å²) < 4.78 is 0. The molecule has 0 amide bonds. The second-order valence-corrected chi connectivity index (χ2v) is 6.10. The van der Waals surface area contributed by atoms with Crippen LogP contribution >= 0.6 is 11.3 Å². The highest BCUT2D eigenvalue weighted by Gasteiger charge is 2.23. The molecule has 0 fully saturated rings. The van der Waals surface area contributed by atoms with Crippen molar-refractivity contribution in [3.05, 3.63) is 63.7 Å². The van der Waals surface area contributed by atoms with Gasteiger partial charge in [-0.15, -0.1) is 11.3 Å². The molecule has 1 atom stereocenters. The number of benzene rings is 1. The van der Waals surface area contributed by atoms with Gasteiger partial charge in [-0.1, -0.05) is 30.3 Å². The van der Waals surface area contributed by atoms with E-state index in [1.54, 1.807) is 0 Å². The molecule has 0 aliphatic heterocycles. The third-order valence-electron chi connectivity index (χ3n) is 3.85. The van der Waals surface area contributed by atoms with Crippen LogP contribution < -0.4 is 5.73 Å². The van der Waals surface area contributed by atoms with Gasteiger partial charge in [0.15, 0.2) is 0 Å². The largest absolute Gasteiger partial charge is 0.344 e. The smallest absolute Gasteiger partial charge is 0.128 e. The molecule has 3 aromatic rings. The summed E-state index contributed by atoms with van der Waals surface area (Å²) >= 11 is 1.82. The highest BCUT2D eigenvalue weighted by molar-refractivity contribution is 7.10. The Morgan fingerprint density at radius 1 is 1.15 bits per heavy atom. The van der Waals surface area contributed by atoms with Crippen molar-refractivity contribution in [2.45, 2.75) is 18.9 Å². The maximum Gasteiger partial charge on any atom is 0.128 e. The molecule has 3 nitrogen and oxygen atoms in total. The van der Waals surface area contributed by atoms with E-state index in [1.807, 2.05) is 41.7 Å². The van der Waals surface area contributed by atoms with Crippen molar-refractivity contribution in [1.29, 1.82) is 0 Å². The minimum atomic E-state index is -0.191. The predicted octanol–water partition coefficient (Wildman–Crippen LogP) is 3.28. The van der Waals surface area contributed by atoms with Crippen LogP contribution in [0.3, 0.4) is 0 Å². The standard InChI is InChI=1S/C16H15N3S/c17-14(10-4-2-1-3-5-10)16-18-12-6-7-13-11(8-9-20-13)15(12)19-16/h1-5,8-9,14H,6-7,17H2,(H,18,19). The number of nitrogens with one attached hydrogen (secondary N) is 1. The summed E-state index contributed by atoms with van der Waals surface area (Å²) in [4.78, 5) is 9.63. The number of fused-ring (bicyclic) bond motifs is 3. The fourth-order valence-corrected chi connectivity index (χ4v) is 3.66. The fourth-order valence-electron chi connectivity index (χ4n) is 2.78. The van der Waals surface area contributed by atoms with Crippen LogP contribution in [0, 0.1) is 0 Å². The Morgan fingerprint density at radius 3 is 2.85 bits per heavy atom. The Bertz CT molecular complexity index is 742. The number of aromatic amines is 1. The van der Waals surface area contributed by atoms with Gasteiger partial charge in [0.25, 0.3) is 0 Å². The molecule has 1 aliphatic rings. The van der Waals surface area contributed by atoms with E-state index in [-0.39, 0.29) is 6.04 Å². The number of hydrogen-bond donors (Lipinski definition) is 2. The molecule has 1 aromatic carbocycles. The van der Waals surface area contributed by atoms with Gasteiger partial charge in [-0.2, -0.15) is 0 Å². The monoisotopic (exact) mass is 281 g/mol. The maximum absolute atomic E-state index is 6.33. The Kier molecular flexibility index (Phi) is 2.72. The molecule has 1 unspecified atom stereocenters. The first kappa shape index (κ1) is 11.9. The van der Waals surface area contributed by atoms with Gasteiger partial charge in [0.1, 0.15) is 5.82 Å². The Balaban J connectivity index is 1.76. The molecule has 4 rings (SSSR count). The molecular weight excluding hydrogens is 266 g/mol. The van der Waals surface area contributed by atoms with Crippen molar-refractivity contribution in [1.82, 2.24) is 9.97 Å². The quantitative estimate of drug-likeness (QED) is 0.757. The van der Waals surface area contributed by atoms with Gasteiger partial charge in [0.2, 0.25) is 0 Å². The van der Waals surface area contributed by atoms with Gasteiger partial charge in [-0.3, -0.25) is 0 Å². The first-order valence-electron chi connectivity index (χ1n) is 6.79. The number of hydrogen-bond acceptors (Lipinski definition) is 3. The molecule has 100 valence electrons. The summed E-state index contributed by atoms with van der Waals surface area (Å²) in [7, 11) is 0. The molecule has 3 N–H and O–H groups in total. The van der Waals surface area contributed by atoms with E-state index in [0.717, 1.165) is 29.9 Å². The van der Waals surface area contributed by atoms with Crippen LogP contribution in [0.4, 0.5) is 0 Å². The van der Waals surface area contributed by atoms with Crippen LogP contribution in [0.15, 0.2) is 41.8 Å². The molecule has 1 aliphatic carbocycles. The third-order valence-corrected chi connectivity index (χ3v) is 4.83. The normalized spacial score (nSPS) is 14.7. The number of thiophene rings is 1. The highest BCUT2D eigenvalue weighted by Crippen LogP contribution is 2.36. The first-order valence-corrected chi connectivity index (χ1v) is 7.67. The second-order valence-electron chi connectivity index (χ2n) is 5.10. The SMILES string of the molecule is NC(c1ccccc1)c1nc2c([nH]1)CCc1sccc1-2.